The van der Waals surface area contributed by atoms with E-state index in [2.05, 4.69) is 24.3 Å². The van der Waals surface area contributed by atoms with Crippen molar-refractivity contribution in [1.82, 2.24) is 0 Å². The molecule has 0 amide bonds. The maximum Gasteiger partial charge on any atom is 0.335 e. The number of anilines is 2. The number of carbonyl (C=O) groups excluding carboxylic acids is 1. The second-order valence-electron chi connectivity index (χ2n) is 10.8. The van der Waals surface area contributed by atoms with Gasteiger partial charge >= 0.3 is 11.9 Å². The molecular formula is C38H33NO4S. The van der Waals surface area contributed by atoms with Gasteiger partial charge in [0.1, 0.15) is 12.5 Å². The van der Waals surface area contributed by atoms with Crippen LogP contribution >= 0.6 is 11.8 Å². The number of carboxylic acids is 1. The third kappa shape index (κ3) is 5.16. The zero-order chi connectivity index (χ0) is 30.5. The summed E-state index contributed by atoms with van der Waals surface area (Å²) in [5, 5.41) is 11.4. The lowest BCUT2D eigenvalue weighted by atomic mass is 9.76. The van der Waals surface area contributed by atoms with Gasteiger partial charge in [0, 0.05) is 23.0 Å². The number of esters is 1. The lowest BCUT2D eigenvalue weighted by molar-refractivity contribution is -0.159. The summed E-state index contributed by atoms with van der Waals surface area (Å²) >= 11 is 1.43. The Balaban J connectivity index is 1.47. The third-order valence-corrected chi connectivity index (χ3v) is 9.07. The molecule has 5 nitrogen and oxygen atoms in total. The van der Waals surface area contributed by atoms with Gasteiger partial charge in [0.15, 0.2) is 5.54 Å². The third-order valence-electron chi connectivity index (χ3n) is 8.40. The minimum atomic E-state index is -1.82. The van der Waals surface area contributed by atoms with Gasteiger partial charge in [-0.25, -0.2) is 4.79 Å². The molecule has 1 aliphatic carbocycles. The summed E-state index contributed by atoms with van der Waals surface area (Å²) in [5.74, 6) is -2.66. The monoisotopic (exact) mass is 599 g/mol. The highest BCUT2D eigenvalue weighted by molar-refractivity contribution is 7.98. The van der Waals surface area contributed by atoms with E-state index < -0.39 is 23.4 Å². The molecule has 6 rings (SSSR count). The number of hydrogen-bond donors (Lipinski definition) is 1. The molecule has 0 radical (unpaired) electrons. The van der Waals surface area contributed by atoms with Crippen molar-refractivity contribution < 1.29 is 19.4 Å². The van der Waals surface area contributed by atoms with Crippen LogP contribution in [-0.2, 0) is 19.9 Å². The average Bonchev–Trinajstić information content (AvgIpc) is 3.39. The maximum absolute atomic E-state index is 14.5. The van der Waals surface area contributed by atoms with Crippen LogP contribution in [0, 0.1) is 5.92 Å². The van der Waals surface area contributed by atoms with E-state index in [-0.39, 0.29) is 18.3 Å². The zero-order valence-electron chi connectivity index (χ0n) is 24.4. The van der Waals surface area contributed by atoms with E-state index >= 15 is 0 Å². The molecule has 0 heterocycles. The largest absolute Gasteiger partial charge is 0.479 e. The van der Waals surface area contributed by atoms with Gasteiger partial charge in [-0.2, -0.15) is 11.8 Å². The van der Waals surface area contributed by atoms with Crippen molar-refractivity contribution in [3.63, 3.8) is 0 Å². The minimum absolute atomic E-state index is 0.110. The van der Waals surface area contributed by atoms with Crippen molar-refractivity contribution >= 4 is 35.1 Å². The number of nitrogens with zero attached hydrogens (tertiary/aromatic N) is 1. The number of thioether (sulfide) groups is 1. The van der Waals surface area contributed by atoms with Gasteiger partial charge in [-0.15, -0.1) is 0 Å². The van der Waals surface area contributed by atoms with Crippen LogP contribution in [0.25, 0.3) is 11.1 Å². The van der Waals surface area contributed by atoms with E-state index in [1.54, 1.807) is 17.0 Å². The zero-order valence-corrected chi connectivity index (χ0v) is 25.2. The van der Waals surface area contributed by atoms with E-state index in [4.69, 9.17) is 4.74 Å². The van der Waals surface area contributed by atoms with E-state index in [0.717, 1.165) is 22.3 Å². The molecule has 1 N–H and O–H groups in total. The lowest BCUT2D eigenvalue weighted by Gasteiger charge is -2.46. The number of fused-ring (bicyclic) bond motifs is 3. The number of benzene rings is 5. The number of hydrogen-bond acceptors (Lipinski definition) is 5. The predicted molar refractivity (Wildman–Crippen MR) is 177 cm³/mol. The van der Waals surface area contributed by atoms with Crippen LogP contribution in [0.3, 0.4) is 0 Å². The number of ether oxygens (including phenoxy) is 1. The quantitative estimate of drug-likeness (QED) is 0.155. The van der Waals surface area contributed by atoms with Gasteiger partial charge in [-0.1, -0.05) is 115 Å². The van der Waals surface area contributed by atoms with Crippen LogP contribution in [0.5, 0.6) is 0 Å². The topological polar surface area (TPSA) is 66.8 Å². The molecule has 0 aromatic heterocycles. The van der Waals surface area contributed by atoms with Crippen molar-refractivity contribution in [1.29, 1.82) is 0 Å². The molecule has 0 spiro atoms. The second-order valence-corrected chi connectivity index (χ2v) is 11.7. The summed E-state index contributed by atoms with van der Waals surface area (Å²) in [5.41, 5.74) is 4.45. The maximum atomic E-state index is 14.5. The molecule has 0 fully saturated rings. The standard InChI is InChI=1S/C38H33NO4S/c1-44-26-35(36(40)43-25-34-32-23-13-11-21-30(32)31-22-12-14-24-33(31)34)38(37(41)42,27-15-5-2-6-16-27)39(28-17-7-3-8-18-28)29-19-9-4-10-20-29/h2-24,34-35H,25-26H2,1H3,(H,41,42)/t35?,38-/m0/s1. The summed E-state index contributed by atoms with van der Waals surface area (Å²) in [7, 11) is 0. The Labute approximate surface area is 262 Å². The van der Waals surface area contributed by atoms with Gasteiger partial charge in [-0.3, -0.25) is 4.79 Å². The smallest absolute Gasteiger partial charge is 0.335 e. The molecule has 0 saturated carbocycles. The van der Waals surface area contributed by atoms with Crippen LogP contribution in [-0.4, -0.2) is 35.7 Å². The highest BCUT2D eigenvalue weighted by Gasteiger charge is 2.56. The molecule has 2 atom stereocenters. The highest BCUT2D eigenvalue weighted by atomic mass is 32.2. The summed E-state index contributed by atoms with van der Waals surface area (Å²) in [6.07, 6.45) is 1.89. The first kappa shape index (κ1) is 29.3. The lowest BCUT2D eigenvalue weighted by Crippen LogP contribution is -2.58. The van der Waals surface area contributed by atoms with Crippen LogP contribution in [0.15, 0.2) is 140 Å². The van der Waals surface area contributed by atoms with Crippen molar-refractivity contribution in [2.75, 3.05) is 23.5 Å². The average molecular weight is 600 g/mol. The number of carboxylic acid groups (broad SMARTS) is 1. The Morgan fingerprint density at radius 2 is 1.18 bits per heavy atom. The Morgan fingerprint density at radius 1 is 0.727 bits per heavy atom. The normalized spacial score (nSPS) is 14.1. The first-order valence-corrected chi connectivity index (χ1v) is 16.0. The van der Waals surface area contributed by atoms with Gasteiger partial charge in [0.25, 0.3) is 0 Å². The number of carbonyl (C=O) groups is 2. The van der Waals surface area contributed by atoms with E-state index in [1.807, 2.05) is 109 Å². The molecule has 44 heavy (non-hydrogen) atoms. The summed E-state index contributed by atoms with van der Waals surface area (Å²) in [4.78, 5) is 30.2. The summed E-state index contributed by atoms with van der Waals surface area (Å²) < 4.78 is 6.21. The van der Waals surface area contributed by atoms with Crippen LogP contribution in [0.4, 0.5) is 11.4 Å². The van der Waals surface area contributed by atoms with Crippen molar-refractivity contribution in [3.05, 3.63) is 156 Å². The molecule has 0 aliphatic heterocycles. The van der Waals surface area contributed by atoms with Gasteiger partial charge < -0.3 is 14.7 Å². The summed E-state index contributed by atoms with van der Waals surface area (Å²) in [6, 6.07) is 44.2. The first-order valence-electron chi connectivity index (χ1n) is 14.6. The predicted octanol–water partition coefficient (Wildman–Crippen LogP) is 8.14. The second kappa shape index (κ2) is 12.8. The van der Waals surface area contributed by atoms with Gasteiger partial charge in [-0.05, 0) is 58.3 Å². The molecule has 1 unspecified atom stereocenters. The molecule has 6 heteroatoms. The molecular weight excluding hydrogens is 566 g/mol. The Hall–Kier alpha value is -4.81. The fourth-order valence-corrected chi connectivity index (χ4v) is 7.20. The van der Waals surface area contributed by atoms with Gasteiger partial charge in [0.05, 0.1) is 0 Å². The Morgan fingerprint density at radius 3 is 1.66 bits per heavy atom. The van der Waals surface area contributed by atoms with E-state index in [0.29, 0.717) is 16.9 Å². The first-order chi connectivity index (χ1) is 21.6. The molecule has 0 saturated heterocycles. The van der Waals surface area contributed by atoms with Crippen molar-refractivity contribution in [3.8, 4) is 11.1 Å². The number of aliphatic carboxylic acids is 1. The molecule has 1 aliphatic rings. The van der Waals surface area contributed by atoms with Crippen LogP contribution in [0.1, 0.15) is 22.6 Å². The van der Waals surface area contributed by atoms with Crippen molar-refractivity contribution in [2.45, 2.75) is 11.5 Å². The van der Waals surface area contributed by atoms with E-state index in [9.17, 15) is 14.7 Å². The van der Waals surface area contributed by atoms with Gasteiger partial charge in [0.2, 0.25) is 0 Å². The minimum Gasteiger partial charge on any atom is -0.479 e. The molecule has 5 aromatic rings. The molecule has 5 aromatic carbocycles. The number of rotatable bonds is 11. The van der Waals surface area contributed by atoms with Crippen molar-refractivity contribution in [2.24, 2.45) is 5.92 Å². The fourth-order valence-electron chi connectivity index (χ4n) is 6.49. The highest BCUT2D eigenvalue weighted by Crippen LogP contribution is 2.48. The van der Waals surface area contributed by atoms with Crippen LogP contribution < -0.4 is 4.90 Å². The number of para-hydroxylation sites is 2. The Bertz CT molecular complexity index is 1660. The SMILES string of the molecule is CSCC(C(=O)OCC1c2ccccc2-c2ccccc21)[C@](C(=O)O)(c1ccccc1)N(c1ccccc1)c1ccccc1. The van der Waals surface area contributed by atoms with Crippen LogP contribution in [0.2, 0.25) is 0 Å². The van der Waals surface area contributed by atoms with E-state index in [1.165, 1.54) is 11.8 Å². The summed E-state index contributed by atoms with van der Waals surface area (Å²) in [6.45, 7) is 0.110. The fraction of sp³-hybridized carbons (Fsp3) is 0.158. The Kier molecular flexibility index (Phi) is 8.53. The molecule has 220 valence electrons. The molecule has 0 bridgehead atoms.